The molecule has 0 bridgehead atoms. The van der Waals surface area contributed by atoms with Crippen LogP contribution in [0.3, 0.4) is 0 Å². The number of nitrogens with one attached hydrogen (secondary N) is 1. The Kier molecular flexibility index (Phi) is 3.94. The molecule has 4 heteroatoms. The molecule has 3 nitrogen and oxygen atoms in total. The summed E-state index contributed by atoms with van der Waals surface area (Å²) in [4.78, 5) is 0. The van der Waals surface area contributed by atoms with Gasteiger partial charge >= 0.3 is 0 Å². The second-order valence-electron chi connectivity index (χ2n) is 4.30. The maximum Gasteiger partial charge on any atom is 0.0651 e. The molecule has 0 fully saturated rings. The molecular weight excluding hydrogens is 246 g/mol. The van der Waals surface area contributed by atoms with Crippen LogP contribution in [0.15, 0.2) is 30.3 Å². The van der Waals surface area contributed by atoms with E-state index in [2.05, 4.69) is 21.6 Å². The molecule has 1 aromatic heterocycles. The quantitative estimate of drug-likeness (QED) is 0.923. The van der Waals surface area contributed by atoms with Crippen molar-refractivity contribution < 1.29 is 0 Å². The van der Waals surface area contributed by atoms with E-state index in [1.54, 1.807) is 0 Å². The van der Waals surface area contributed by atoms with Crippen LogP contribution in [0.1, 0.15) is 28.6 Å². The zero-order valence-corrected chi connectivity index (χ0v) is 11.5. The normalized spacial score (nSPS) is 12.4. The van der Waals surface area contributed by atoms with Crippen molar-refractivity contribution in [3.05, 3.63) is 57.9 Å². The van der Waals surface area contributed by atoms with Crippen molar-refractivity contribution in [2.45, 2.75) is 19.9 Å². The SMILES string of the molecule is CNC(c1ccc(Cl)cc1)c1cc(C)nnc1C. The largest absolute Gasteiger partial charge is 0.309 e. The summed E-state index contributed by atoms with van der Waals surface area (Å²) in [5, 5.41) is 12.3. The van der Waals surface area contributed by atoms with E-state index in [0.717, 1.165) is 27.5 Å². The first kappa shape index (κ1) is 13.0. The van der Waals surface area contributed by atoms with E-state index < -0.39 is 0 Å². The fourth-order valence-corrected chi connectivity index (χ4v) is 2.15. The molecule has 1 unspecified atom stereocenters. The Morgan fingerprint density at radius 2 is 1.78 bits per heavy atom. The third kappa shape index (κ3) is 2.68. The van der Waals surface area contributed by atoms with E-state index in [-0.39, 0.29) is 6.04 Å². The number of aromatic nitrogens is 2. The van der Waals surface area contributed by atoms with Gasteiger partial charge in [-0.2, -0.15) is 10.2 Å². The third-order valence-corrected chi connectivity index (χ3v) is 3.19. The van der Waals surface area contributed by atoms with E-state index >= 15 is 0 Å². The number of aryl methyl sites for hydroxylation is 2. The lowest BCUT2D eigenvalue weighted by molar-refractivity contribution is 0.675. The van der Waals surface area contributed by atoms with Crippen molar-refractivity contribution in [3.8, 4) is 0 Å². The first-order valence-electron chi connectivity index (χ1n) is 5.85. The van der Waals surface area contributed by atoms with E-state index in [0.29, 0.717) is 0 Å². The number of nitrogens with zero attached hydrogens (tertiary/aromatic N) is 2. The van der Waals surface area contributed by atoms with Crippen LogP contribution < -0.4 is 5.32 Å². The lowest BCUT2D eigenvalue weighted by atomic mass is 9.98. The Bertz CT molecular complexity index is 537. The van der Waals surface area contributed by atoms with Crippen LogP contribution in [0.4, 0.5) is 0 Å². The number of halogens is 1. The van der Waals surface area contributed by atoms with Gasteiger partial charge in [-0.1, -0.05) is 23.7 Å². The van der Waals surface area contributed by atoms with Crippen LogP contribution in [0.2, 0.25) is 5.02 Å². The topological polar surface area (TPSA) is 37.8 Å². The number of hydrogen-bond donors (Lipinski definition) is 1. The average Bonchev–Trinajstić information content (AvgIpc) is 2.37. The summed E-state index contributed by atoms with van der Waals surface area (Å²) in [5.74, 6) is 0. The molecule has 0 radical (unpaired) electrons. The highest BCUT2D eigenvalue weighted by molar-refractivity contribution is 6.30. The Morgan fingerprint density at radius 3 is 2.39 bits per heavy atom. The zero-order valence-electron chi connectivity index (χ0n) is 10.7. The number of benzene rings is 1. The van der Waals surface area contributed by atoms with Crippen LogP contribution >= 0.6 is 11.6 Å². The third-order valence-electron chi connectivity index (χ3n) is 2.94. The fourth-order valence-electron chi connectivity index (χ4n) is 2.02. The minimum Gasteiger partial charge on any atom is -0.309 e. The molecule has 18 heavy (non-hydrogen) atoms. The van der Waals surface area contributed by atoms with Crippen molar-refractivity contribution in [1.82, 2.24) is 15.5 Å². The molecule has 94 valence electrons. The highest BCUT2D eigenvalue weighted by atomic mass is 35.5. The predicted molar refractivity (Wildman–Crippen MR) is 73.9 cm³/mol. The average molecular weight is 262 g/mol. The predicted octanol–water partition coefficient (Wildman–Crippen LogP) is 3.06. The smallest absolute Gasteiger partial charge is 0.0651 e. The summed E-state index contributed by atoms with van der Waals surface area (Å²) in [7, 11) is 1.94. The van der Waals surface area contributed by atoms with Crippen molar-refractivity contribution in [1.29, 1.82) is 0 Å². The molecule has 1 heterocycles. The van der Waals surface area contributed by atoms with Gasteiger partial charge in [0.25, 0.3) is 0 Å². The molecule has 2 rings (SSSR count). The number of hydrogen-bond acceptors (Lipinski definition) is 3. The van der Waals surface area contributed by atoms with Gasteiger partial charge in [-0.15, -0.1) is 0 Å². The highest BCUT2D eigenvalue weighted by Gasteiger charge is 2.15. The summed E-state index contributed by atoms with van der Waals surface area (Å²) in [6, 6.07) is 10.0. The number of rotatable bonds is 3. The monoisotopic (exact) mass is 261 g/mol. The molecule has 0 spiro atoms. The van der Waals surface area contributed by atoms with Crippen molar-refractivity contribution in [3.63, 3.8) is 0 Å². The molecule has 0 saturated heterocycles. The molecule has 1 atom stereocenters. The Balaban J connectivity index is 2.44. The van der Waals surface area contributed by atoms with Gasteiger partial charge < -0.3 is 5.32 Å². The fraction of sp³-hybridized carbons (Fsp3) is 0.286. The van der Waals surface area contributed by atoms with Gasteiger partial charge in [0.1, 0.15) is 0 Å². The van der Waals surface area contributed by atoms with E-state index in [4.69, 9.17) is 11.6 Å². The van der Waals surface area contributed by atoms with Gasteiger partial charge in [0.05, 0.1) is 17.4 Å². The lowest BCUT2D eigenvalue weighted by Crippen LogP contribution is -2.19. The molecule has 0 aliphatic carbocycles. The van der Waals surface area contributed by atoms with Gasteiger partial charge in [-0.05, 0) is 50.2 Å². The van der Waals surface area contributed by atoms with E-state index in [9.17, 15) is 0 Å². The van der Waals surface area contributed by atoms with E-state index in [1.807, 2.05) is 45.2 Å². The van der Waals surface area contributed by atoms with Crippen LogP contribution in [0, 0.1) is 13.8 Å². The van der Waals surface area contributed by atoms with Crippen LogP contribution in [-0.2, 0) is 0 Å². The maximum absolute atomic E-state index is 5.92. The van der Waals surface area contributed by atoms with Crippen LogP contribution in [-0.4, -0.2) is 17.2 Å². The maximum atomic E-state index is 5.92. The van der Waals surface area contributed by atoms with Crippen LogP contribution in [0.5, 0.6) is 0 Å². The molecule has 0 aliphatic heterocycles. The minimum absolute atomic E-state index is 0.108. The van der Waals surface area contributed by atoms with Gasteiger partial charge in [0, 0.05) is 5.02 Å². The molecule has 2 aromatic rings. The second-order valence-corrected chi connectivity index (χ2v) is 4.74. The standard InChI is InChI=1S/C14H16ClN3/c1-9-8-13(10(2)18-17-9)14(16-3)11-4-6-12(15)7-5-11/h4-8,14,16H,1-3H3. The zero-order chi connectivity index (χ0) is 13.1. The van der Waals surface area contributed by atoms with Gasteiger partial charge in [-0.25, -0.2) is 0 Å². The van der Waals surface area contributed by atoms with Crippen molar-refractivity contribution in [2.24, 2.45) is 0 Å². The van der Waals surface area contributed by atoms with Gasteiger partial charge in [0.15, 0.2) is 0 Å². The Hall–Kier alpha value is -1.45. The molecule has 0 aliphatic rings. The van der Waals surface area contributed by atoms with Crippen molar-refractivity contribution >= 4 is 11.6 Å². The van der Waals surface area contributed by atoms with Gasteiger partial charge in [-0.3, -0.25) is 0 Å². The summed E-state index contributed by atoms with van der Waals surface area (Å²) < 4.78 is 0. The van der Waals surface area contributed by atoms with Gasteiger partial charge in [0.2, 0.25) is 0 Å². The first-order chi connectivity index (χ1) is 8.61. The Morgan fingerprint density at radius 1 is 1.11 bits per heavy atom. The highest BCUT2D eigenvalue weighted by Crippen LogP contribution is 2.24. The van der Waals surface area contributed by atoms with Crippen molar-refractivity contribution in [2.75, 3.05) is 7.05 Å². The second kappa shape index (κ2) is 5.46. The minimum atomic E-state index is 0.108. The summed E-state index contributed by atoms with van der Waals surface area (Å²) in [6.45, 7) is 3.92. The summed E-state index contributed by atoms with van der Waals surface area (Å²) in [6.07, 6.45) is 0. The molecule has 1 aromatic carbocycles. The first-order valence-corrected chi connectivity index (χ1v) is 6.23. The molecular formula is C14H16ClN3. The summed E-state index contributed by atoms with van der Waals surface area (Å²) >= 11 is 5.92. The van der Waals surface area contributed by atoms with Crippen LogP contribution in [0.25, 0.3) is 0 Å². The molecule has 1 N–H and O–H groups in total. The van der Waals surface area contributed by atoms with E-state index in [1.165, 1.54) is 0 Å². The summed E-state index contributed by atoms with van der Waals surface area (Å²) in [5.41, 5.74) is 4.17. The molecule has 0 saturated carbocycles. The molecule has 0 amide bonds. The lowest BCUT2D eigenvalue weighted by Gasteiger charge is -2.19. The Labute approximate surface area is 112 Å².